The molecule has 0 aliphatic carbocycles. The lowest BCUT2D eigenvalue weighted by Gasteiger charge is -2.24. The van der Waals surface area contributed by atoms with Crippen LogP contribution in [0.2, 0.25) is 0 Å². The minimum absolute atomic E-state index is 0.235. The molecule has 0 spiro atoms. The zero-order chi connectivity index (χ0) is 14.1. The van der Waals surface area contributed by atoms with Crippen LogP contribution in [0.4, 0.5) is 0 Å². The standard InChI is InChI=1S/C15H20N2O2/c1-3-17(11-7-10-16)12-14(15(18)19-2)13-8-5-4-6-9-13/h4-6,8-9,14H,3,7,11-12H2,1-2H3. The Kier molecular flexibility index (Phi) is 6.62. The summed E-state index contributed by atoms with van der Waals surface area (Å²) in [4.78, 5) is 14.0. The van der Waals surface area contributed by atoms with E-state index in [0.29, 0.717) is 19.5 Å². The molecule has 1 aromatic rings. The van der Waals surface area contributed by atoms with Crippen molar-refractivity contribution in [2.75, 3.05) is 26.7 Å². The van der Waals surface area contributed by atoms with Crippen LogP contribution in [0, 0.1) is 11.3 Å². The fraction of sp³-hybridized carbons (Fsp3) is 0.467. The van der Waals surface area contributed by atoms with Crippen molar-refractivity contribution in [3.8, 4) is 6.07 Å². The number of hydrogen-bond donors (Lipinski definition) is 0. The number of rotatable bonds is 7. The van der Waals surface area contributed by atoms with Crippen LogP contribution in [0.1, 0.15) is 24.8 Å². The molecule has 0 fully saturated rings. The molecule has 1 atom stereocenters. The lowest BCUT2D eigenvalue weighted by molar-refractivity contribution is -0.142. The van der Waals surface area contributed by atoms with Crippen LogP contribution in [0.25, 0.3) is 0 Å². The molecule has 0 aromatic heterocycles. The normalized spacial score (nSPS) is 11.9. The molecule has 0 saturated carbocycles. The van der Waals surface area contributed by atoms with Gasteiger partial charge >= 0.3 is 5.97 Å². The molecule has 0 aliphatic heterocycles. The summed E-state index contributed by atoms with van der Waals surface area (Å²) >= 11 is 0. The van der Waals surface area contributed by atoms with E-state index in [1.54, 1.807) is 0 Å². The number of hydrogen-bond acceptors (Lipinski definition) is 4. The number of esters is 1. The first-order valence-corrected chi connectivity index (χ1v) is 6.45. The van der Waals surface area contributed by atoms with Crippen LogP contribution in [-0.2, 0) is 9.53 Å². The molecule has 0 saturated heterocycles. The van der Waals surface area contributed by atoms with Crippen molar-refractivity contribution in [1.29, 1.82) is 5.26 Å². The van der Waals surface area contributed by atoms with Gasteiger partial charge in [0.05, 0.1) is 19.1 Å². The van der Waals surface area contributed by atoms with Crippen LogP contribution in [0.3, 0.4) is 0 Å². The average Bonchev–Trinajstić information content (AvgIpc) is 2.48. The highest BCUT2D eigenvalue weighted by Crippen LogP contribution is 2.18. The Balaban J connectivity index is 2.81. The average molecular weight is 260 g/mol. The van der Waals surface area contributed by atoms with Crippen LogP contribution in [0.5, 0.6) is 0 Å². The number of carbonyl (C=O) groups is 1. The zero-order valence-electron chi connectivity index (χ0n) is 11.5. The van der Waals surface area contributed by atoms with Gasteiger partial charge in [-0.1, -0.05) is 37.3 Å². The van der Waals surface area contributed by atoms with Crippen molar-refractivity contribution >= 4 is 5.97 Å². The SMILES string of the molecule is CCN(CCC#N)CC(C(=O)OC)c1ccccc1. The number of nitrogens with zero attached hydrogens (tertiary/aromatic N) is 2. The van der Waals surface area contributed by atoms with E-state index in [1.165, 1.54) is 7.11 Å². The maximum absolute atomic E-state index is 11.9. The molecule has 0 aliphatic rings. The smallest absolute Gasteiger partial charge is 0.314 e. The van der Waals surface area contributed by atoms with E-state index >= 15 is 0 Å². The largest absolute Gasteiger partial charge is 0.469 e. The Hall–Kier alpha value is -1.86. The van der Waals surface area contributed by atoms with Gasteiger partial charge in [0.15, 0.2) is 0 Å². The Bertz CT molecular complexity index is 426. The summed E-state index contributed by atoms with van der Waals surface area (Å²) in [5, 5.41) is 8.65. The second-order valence-electron chi connectivity index (χ2n) is 4.29. The van der Waals surface area contributed by atoms with Gasteiger partial charge in [-0.3, -0.25) is 4.79 Å². The first kappa shape index (κ1) is 15.2. The van der Waals surface area contributed by atoms with Gasteiger partial charge in [0.1, 0.15) is 0 Å². The second-order valence-corrected chi connectivity index (χ2v) is 4.29. The van der Waals surface area contributed by atoms with E-state index in [9.17, 15) is 4.79 Å². The molecule has 1 rings (SSSR count). The monoisotopic (exact) mass is 260 g/mol. The molecule has 19 heavy (non-hydrogen) atoms. The van der Waals surface area contributed by atoms with Crippen molar-refractivity contribution < 1.29 is 9.53 Å². The highest BCUT2D eigenvalue weighted by molar-refractivity contribution is 5.78. The maximum atomic E-state index is 11.9. The predicted molar refractivity (Wildman–Crippen MR) is 73.5 cm³/mol. The van der Waals surface area contributed by atoms with E-state index in [0.717, 1.165) is 12.1 Å². The number of nitriles is 1. The number of likely N-dealkylation sites (N-methyl/N-ethyl adjacent to an activating group) is 1. The molecule has 0 heterocycles. The van der Waals surface area contributed by atoms with E-state index in [1.807, 2.05) is 37.3 Å². The van der Waals surface area contributed by atoms with Crippen LogP contribution in [-0.4, -0.2) is 37.6 Å². The number of methoxy groups -OCH3 is 1. The van der Waals surface area contributed by atoms with E-state index < -0.39 is 0 Å². The summed E-state index contributed by atoms with van der Waals surface area (Å²) in [7, 11) is 1.41. The Morgan fingerprint density at radius 1 is 1.42 bits per heavy atom. The zero-order valence-corrected chi connectivity index (χ0v) is 11.5. The summed E-state index contributed by atoms with van der Waals surface area (Å²) in [6.07, 6.45) is 0.469. The van der Waals surface area contributed by atoms with Gasteiger partial charge < -0.3 is 9.64 Å². The topological polar surface area (TPSA) is 53.3 Å². The van der Waals surface area contributed by atoms with Crippen LogP contribution >= 0.6 is 0 Å². The van der Waals surface area contributed by atoms with Crippen molar-refractivity contribution in [3.63, 3.8) is 0 Å². The van der Waals surface area contributed by atoms with Gasteiger partial charge in [0.25, 0.3) is 0 Å². The Labute approximate surface area is 114 Å². The minimum atomic E-state index is -0.301. The van der Waals surface area contributed by atoms with E-state index in [-0.39, 0.29) is 11.9 Å². The van der Waals surface area contributed by atoms with Gasteiger partial charge in [0, 0.05) is 19.5 Å². The van der Waals surface area contributed by atoms with Crippen molar-refractivity contribution in [1.82, 2.24) is 4.90 Å². The fourth-order valence-electron chi connectivity index (χ4n) is 1.99. The third-order valence-electron chi connectivity index (χ3n) is 3.12. The first-order chi connectivity index (χ1) is 9.22. The van der Waals surface area contributed by atoms with Crippen molar-refractivity contribution in [2.24, 2.45) is 0 Å². The van der Waals surface area contributed by atoms with Gasteiger partial charge in [-0.2, -0.15) is 5.26 Å². The summed E-state index contributed by atoms with van der Waals surface area (Å²) in [5.74, 6) is -0.536. The molecule has 4 heteroatoms. The Morgan fingerprint density at radius 3 is 2.63 bits per heavy atom. The van der Waals surface area contributed by atoms with Gasteiger partial charge in [-0.25, -0.2) is 0 Å². The van der Waals surface area contributed by atoms with Crippen molar-refractivity contribution in [3.05, 3.63) is 35.9 Å². The lowest BCUT2D eigenvalue weighted by atomic mass is 9.98. The lowest BCUT2D eigenvalue weighted by Crippen LogP contribution is -2.33. The minimum Gasteiger partial charge on any atom is -0.469 e. The Morgan fingerprint density at radius 2 is 2.11 bits per heavy atom. The number of benzene rings is 1. The molecular weight excluding hydrogens is 240 g/mol. The first-order valence-electron chi connectivity index (χ1n) is 6.45. The van der Waals surface area contributed by atoms with Crippen LogP contribution < -0.4 is 0 Å². The second kappa shape index (κ2) is 8.28. The fourth-order valence-corrected chi connectivity index (χ4v) is 1.99. The predicted octanol–water partition coefficient (Wildman–Crippen LogP) is 2.18. The van der Waals surface area contributed by atoms with Crippen LogP contribution in [0.15, 0.2) is 30.3 Å². The third-order valence-corrected chi connectivity index (χ3v) is 3.12. The summed E-state index contributed by atoms with van der Waals surface area (Å²) < 4.78 is 4.89. The molecule has 4 nitrogen and oxygen atoms in total. The molecule has 0 N–H and O–H groups in total. The number of ether oxygens (including phenoxy) is 1. The summed E-state index contributed by atoms with van der Waals surface area (Å²) in [6, 6.07) is 11.7. The van der Waals surface area contributed by atoms with E-state index in [2.05, 4.69) is 11.0 Å². The summed E-state index contributed by atoms with van der Waals surface area (Å²) in [6.45, 7) is 4.08. The molecule has 0 amide bonds. The van der Waals surface area contributed by atoms with Crippen molar-refractivity contribution in [2.45, 2.75) is 19.3 Å². The van der Waals surface area contributed by atoms with Gasteiger partial charge in [-0.05, 0) is 12.1 Å². The third kappa shape index (κ3) is 4.72. The molecule has 1 aromatic carbocycles. The quantitative estimate of drug-likeness (QED) is 0.705. The molecule has 0 radical (unpaired) electrons. The van der Waals surface area contributed by atoms with Gasteiger partial charge in [-0.15, -0.1) is 0 Å². The van der Waals surface area contributed by atoms with E-state index in [4.69, 9.17) is 10.00 Å². The molecule has 102 valence electrons. The molecule has 0 bridgehead atoms. The van der Waals surface area contributed by atoms with Gasteiger partial charge in [0.2, 0.25) is 0 Å². The molecule has 1 unspecified atom stereocenters. The highest BCUT2D eigenvalue weighted by Gasteiger charge is 2.23. The maximum Gasteiger partial charge on any atom is 0.314 e. The summed E-state index contributed by atoms with van der Waals surface area (Å²) in [5.41, 5.74) is 0.949. The number of carbonyl (C=O) groups excluding carboxylic acids is 1. The molecular formula is C15H20N2O2. The highest BCUT2D eigenvalue weighted by atomic mass is 16.5.